The number of nitrogens with zero attached hydrogens (tertiary/aromatic N) is 4. The van der Waals surface area contributed by atoms with Crippen LogP contribution >= 0.6 is 12.4 Å². The molecule has 0 radical (unpaired) electrons. The number of hydrogen-bond acceptors (Lipinski definition) is 5. The minimum absolute atomic E-state index is 0. The maximum absolute atomic E-state index is 13.4. The van der Waals surface area contributed by atoms with Crippen LogP contribution in [0, 0.1) is 11.6 Å². The van der Waals surface area contributed by atoms with E-state index in [1.165, 1.54) is 16.8 Å². The molecule has 0 unspecified atom stereocenters. The van der Waals surface area contributed by atoms with Crippen LogP contribution in [0.3, 0.4) is 0 Å². The second-order valence-electron chi connectivity index (χ2n) is 6.33. The first-order valence-corrected chi connectivity index (χ1v) is 8.41. The fourth-order valence-corrected chi connectivity index (χ4v) is 3.07. The van der Waals surface area contributed by atoms with Gasteiger partial charge in [-0.2, -0.15) is 5.10 Å². The Hall–Kier alpha value is -3.17. The molecule has 3 heterocycles. The zero-order chi connectivity index (χ0) is 19.8. The van der Waals surface area contributed by atoms with E-state index >= 15 is 0 Å². The van der Waals surface area contributed by atoms with Crippen LogP contribution in [0.2, 0.25) is 0 Å². The second kappa shape index (κ2) is 8.06. The molecule has 0 fully saturated rings. The zero-order valence-electron chi connectivity index (χ0n) is 15.2. The van der Waals surface area contributed by atoms with Gasteiger partial charge in [-0.3, -0.25) is 9.78 Å². The van der Waals surface area contributed by atoms with Gasteiger partial charge in [0.1, 0.15) is 28.5 Å². The van der Waals surface area contributed by atoms with Crippen LogP contribution in [0.15, 0.2) is 41.3 Å². The third-order valence-electron chi connectivity index (χ3n) is 4.32. The monoisotopic (exact) mass is 419 g/mol. The van der Waals surface area contributed by atoms with Crippen molar-refractivity contribution in [2.45, 2.75) is 13.0 Å². The zero-order valence-corrected chi connectivity index (χ0v) is 16.0. The minimum Gasteiger partial charge on any atom is -0.390 e. The molecule has 150 valence electrons. The van der Waals surface area contributed by atoms with E-state index in [2.05, 4.69) is 20.1 Å². The van der Waals surface area contributed by atoms with Crippen LogP contribution in [0.5, 0.6) is 0 Å². The molecule has 0 aliphatic carbocycles. The van der Waals surface area contributed by atoms with Gasteiger partial charge in [0.05, 0.1) is 12.3 Å². The molecule has 0 aliphatic rings. The molecule has 0 bridgehead atoms. The van der Waals surface area contributed by atoms with Gasteiger partial charge in [-0.05, 0) is 23.8 Å². The van der Waals surface area contributed by atoms with Gasteiger partial charge in [0.2, 0.25) is 0 Å². The molecule has 2 N–H and O–H groups in total. The summed E-state index contributed by atoms with van der Waals surface area (Å²) in [5.41, 5.74) is 1.79. The first kappa shape index (κ1) is 20.6. The van der Waals surface area contributed by atoms with E-state index in [0.29, 0.717) is 29.1 Å². The Kier molecular flexibility index (Phi) is 5.71. The lowest BCUT2D eigenvalue weighted by molar-refractivity contribution is 0.277. The number of fused-ring (bicyclic) bond motifs is 1. The third kappa shape index (κ3) is 4.01. The number of aromatic nitrogens is 5. The van der Waals surface area contributed by atoms with Gasteiger partial charge in [-0.25, -0.2) is 18.4 Å². The molecule has 3 aromatic heterocycles. The molecule has 4 aromatic rings. The number of aliphatic hydroxyl groups is 1. The molecule has 0 aliphatic heterocycles. The van der Waals surface area contributed by atoms with Crippen molar-refractivity contribution in [1.82, 2.24) is 24.7 Å². The van der Waals surface area contributed by atoms with Gasteiger partial charge >= 0.3 is 0 Å². The maximum atomic E-state index is 13.4. The van der Waals surface area contributed by atoms with Gasteiger partial charge in [0, 0.05) is 31.3 Å². The number of halogens is 3. The van der Waals surface area contributed by atoms with Crippen LogP contribution in [-0.2, 0) is 20.1 Å². The lowest BCUT2D eigenvalue weighted by Gasteiger charge is -2.05. The summed E-state index contributed by atoms with van der Waals surface area (Å²) >= 11 is 0. The van der Waals surface area contributed by atoms with Crippen molar-refractivity contribution in [3.63, 3.8) is 0 Å². The number of H-pyrrole nitrogens is 1. The lowest BCUT2D eigenvalue weighted by atomic mass is 10.1. The molecule has 0 spiro atoms. The molecule has 0 atom stereocenters. The Labute approximate surface area is 169 Å². The van der Waals surface area contributed by atoms with Gasteiger partial charge in [-0.1, -0.05) is 6.07 Å². The van der Waals surface area contributed by atoms with Crippen molar-refractivity contribution in [3.8, 4) is 11.3 Å². The van der Waals surface area contributed by atoms with E-state index < -0.39 is 11.6 Å². The molecule has 0 amide bonds. The Morgan fingerprint density at radius 3 is 2.52 bits per heavy atom. The van der Waals surface area contributed by atoms with Gasteiger partial charge in [0.25, 0.3) is 5.56 Å². The summed E-state index contributed by atoms with van der Waals surface area (Å²) in [5.74, 6) is -0.930. The molecule has 7 nitrogen and oxygen atoms in total. The summed E-state index contributed by atoms with van der Waals surface area (Å²) in [6.07, 6.45) is 1.86. The highest BCUT2D eigenvalue weighted by Crippen LogP contribution is 2.20. The van der Waals surface area contributed by atoms with E-state index in [4.69, 9.17) is 0 Å². The number of aromatic amines is 1. The maximum Gasteiger partial charge on any atom is 0.262 e. The topological polar surface area (TPSA) is 96.7 Å². The van der Waals surface area contributed by atoms with Crippen LogP contribution in [0.1, 0.15) is 17.1 Å². The Morgan fingerprint density at radius 1 is 1.17 bits per heavy atom. The van der Waals surface area contributed by atoms with Crippen molar-refractivity contribution < 1.29 is 13.9 Å². The predicted octanol–water partition coefficient (Wildman–Crippen LogP) is 2.50. The largest absolute Gasteiger partial charge is 0.390 e. The standard InChI is InChI=1S/C19H15F2N5O2.ClH/c1-26-18-17(15(9-27)25-26)19(28)24-16(23-18)4-10-2-3-14(22-8-10)11-5-12(20)7-13(21)6-11;/h2-3,5-8,27H,4,9H2,1H3,(H,23,24,28);1H. The first-order chi connectivity index (χ1) is 13.4. The Morgan fingerprint density at radius 2 is 1.90 bits per heavy atom. The van der Waals surface area contributed by atoms with Crippen LogP contribution in [-0.4, -0.2) is 29.8 Å². The Bertz CT molecular complexity index is 1220. The number of nitrogens with one attached hydrogen (secondary N) is 1. The fourth-order valence-electron chi connectivity index (χ4n) is 3.07. The van der Waals surface area contributed by atoms with Crippen molar-refractivity contribution >= 4 is 23.4 Å². The van der Waals surface area contributed by atoms with Crippen molar-refractivity contribution in [1.29, 1.82) is 0 Å². The smallest absolute Gasteiger partial charge is 0.262 e. The highest BCUT2D eigenvalue weighted by Gasteiger charge is 2.15. The summed E-state index contributed by atoms with van der Waals surface area (Å²) in [7, 11) is 1.65. The number of aliphatic hydroxyl groups excluding tert-OH is 1. The average Bonchev–Trinajstić information content (AvgIpc) is 2.98. The normalized spacial score (nSPS) is 10.9. The molecule has 0 saturated carbocycles. The highest BCUT2D eigenvalue weighted by molar-refractivity contribution is 5.85. The first-order valence-electron chi connectivity index (χ1n) is 8.41. The van der Waals surface area contributed by atoms with Crippen LogP contribution in [0.4, 0.5) is 8.78 Å². The highest BCUT2D eigenvalue weighted by atomic mass is 35.5. The Balaban J connectivity index is 0.00000240. The van der Waals surface area contributed by atoms with Crippen LogP contribution < -0.4 is 5.56 Å². The molecule has 1 aromatic carbocycles. The molecular formula is C19H16ClF2N5O2. The minimum atomic E-state index is -0.672. The van der Waals surface area contributed by atoms with E-state index in [-0.39, 0.29) is 35.7 Å². The third-order valence-corrected chi connectivity index (χ3v) is 4.32. The molecule has 29 heavy (non-hydrogen) atoms. The number of pyridine rings is 1. The summed E-state index contributed by atoms with van der Waals surface area (Å²) in [6, 6.07) is 6.61. The number of hydrogen-bond donors (Lipinski definition) is 2. The molecule has 4 rings (SSSR count). The molecule has 0 saturated heterocycles. The molecule has 10 heteroatoms. The van der Waals surface area contributed by atoms with Gasteiger partial charge in [-0.15, -0.1) is 12.4 Å². The van der Waals surface area contributed by atoms with Gasteiger partial charge in [0.15, 0.2) is 5.65 Å². The number of benzene rings is 1. The second-order valence-corrected chi connectivity index (χ2v) is 6.33. The van der Waals surface area contributed by atoms with E-state index in [9.17, 15) is 18.7 Å². The van der Waals surface area contributed by atoms with Crippen molar-refractivity contribution in [2.75, 3.05) is 0 Å². The SMILES string of the molecule is Cl.Cn1nc(CO)c2c(=O)[nH]c(Cc3ccc(-c4cc(F)cc(F)c4)nc3)nc21. The summed E-state index contributed by atoms with van der Waals surface area (Å²) in [4.78, 5) is 23.7. The fraction of sp³-hybridized carbons (Fsp3) is 0.158. The van der Waals surface area contributed by atoms with Crippen molar-refractivity contribution in [2.24, 2.45) is 7.05 Å². The summed E-state index contributed by atoms with van der Waals surface area (Å²) in [5, 5.41) is 13.7. The lowest BCUT2D eigenvalue weighted by Crippen LogP contribution is -2.13. The number of rotatable bonds is 4. The van der Waals surface area contributed by atoms with Crippen LogP contribution in [0.25, 0.3) is 22.3 Å². The number of aryl methyl sites for hydroxylation is 1. The summed E-state index contributed by atoms with van der Waals surface area (Å²) in [6.45, 7) is -0.354. The quantitative estimate of drug-likeness (QED) is 0.529. The predicted molar refractivity (Wildman–Crippen MR) is 105 cm³/mol. The average molecular weight is 420 g/mol. The van der Waals surface area contributed by atoms with E-state index in [0.717, 1.165) is 11.6 Å². The van der Waals surface area contributed by atoms with E-state index in [1.807, 2.05) is 0 Å². The van der Waals surface area contributed by atoms with E-state index in [1.54, 1.807) is 25.4 Å². The molecular weight excluding hydrogens is 404 g/mol. The van der Waals surface area contributed by atoms with Crippen molar-refractivity contribution in [3.05, 3.63) is 75.6 Å². The van der Waals surface area contributed by atoms with Gasteiger partial charge < -0.3 is 10.1 Å². The summed E-state index contributed by atoms with van der Waals surface area (Å²) < 4.78 is 28.2.